The van der Waals surface area contributed by atoms with Gasteiger partial charge in [0.05, 0.1) is 12.2 Å². The van der Waals surface area contributed by atoms with Gasteiger partial charge < -0.3 is 9.47 Å². The number of nitriles is 1. The maximum absolute atomic E-state index is 12.3. The molecule has 0 atom stereocenters. The van der Waals surface area contributed by atoms with Crippen molar-refractivity contribution < 1.29 is 27.4 Å². The van der Waals surface area contributed by atoms with E-state index in [0.29, 0.717) is 5.56 Å². The van der Waals surface area contributed by atoms with Gasteiger partial charge in [-0.15, -0.1) is 13.2 Å². The molecule has 0 N–H and O–H groups in total. The van der Waals surface area contributed by atoms with Crippen LogP contribution in [0.1, 0.15) is 28.4 Å². The van der Waals surface area contributed by atoms with E-state index in [-0.39, 0.29) is 17.5 Å². The summed E-state index contributed by atoms with van der Waals surface area (Å²) in [6.07, 6.45) is -4.95. The molecule has 0 fully saturated rings. The van der Waals surface area contributed by atoms with Gasteiger partial charge in [0.1, 0.15) is 17.4 Å². The van der Waals surface area contributed by atoms with Crippen molar-refractivity contribution in [3.8, 4) is 11.8 Å². The summed E-state index contributed by atoms with van der Waals surface area (Å²) in [6.45, 7) is 1.59. The molecule has 0 bridgehead atoms. The molecule has 0 spiro atoms. The maximum atomic E-state index is 12.3. The van der Waals surface area contributed by atoms with Crippen LogP contribution in [0.15, 0.2) is 12.1 Å². The first kappa shape index (κ1) is 16.3. The van der Waals surface area contributed by atoms with E-state index in [1.807, 2.05) is 0 Å². The van der Waals surface area contributed by atoms with E-state index in [0.717, 1.165) is 6.07 Å². The van der Waals surface area contributed by atoms with E-state index < -0.39 is 23.6 Å². The number of hydrogen-bond donors (Lipinski definition) is 0. The molecule has 0 saturated carbocycles. The van der Waals surface area contributed by atoms with Crippen molar-refractivity contribution in [1.29, 1.82) is 5.26 Å². The number of carbonyl (C=O) groups excluding carboxylic acids is 1. The normalized spacial score (nSPS) is 10.8. The van der Waals surface area contributed by atoms with Gasteiger partial charge in [-0.05, 0) is 18.6 Å². The lowest BCUT2D eigenvalue weighted by Crippen LogP contribution is -2.19. The second kappa shape index (κ2) is 6.61. The van der Waals surface area contributed by atoms with E-state index >= 15 is 0 Å². The van der Waals surface area contributed by atoms with Crippen molar-refractivity contribution in [3.63, 3.8) is 0 Å². The van der Waals surface area contributed by atoms with Gasteiger partial charge >= 0.3 is 12.3 Å². The van der Waals surface area contributed by atoms with Crippen LogP contribution in [0, 0.1) is 11.3 Å². The fourth-order valence-electron chi connectivity index (χ4n) is 1.50. The average Bonchev–Trinajstić information content (AvgIpc) is 2.36. The molecular weight excluding hydrogens is 343 g/mol. The first-order valence-corrected chi connectivity index (χ1v) is 6.51. The van der Waals surface area contributed by atoms with Gasteiger partial charge in [0.15, 0.2) is 0 Å². The number of nitrogens with zero attached hydrogens (tertiary/aromatic N) is 1. The lowest BCUT2D eigenvalue weighted by molar-refractivity contribution is -0.274. The number of halogens is 4. The van der Waals surface area contributed by atoms with Crippen LogP contribution in [0.5, 0.6) is 5.75 Å². The minimum atomic E-state index is -4.95. The first-order valence-electron chi connectivity index (χ1n) is 5.38. The lowest BCUT2D eigenvalue weighted by atomic mass is 10.0. The minimum absolute atomic E-state index is 0.0375. The zero-order chi connectivity index (χ0) is 15.3. The Labute approximate surface area is 121 Å². The molecule has 0 aliphatic rings. The second-order valence-electron chi connectivity index (χ2n) is 3.49. The molecule has 8 heteroatoms. The number of carbonyl (C=O) groups is 1. The van der Waals surface area contributed by atoms with Crippen LogP contribution < -0.4 is 4.74 Å². The molecule has 1 rings (SSSR count). The predicted molar refractivity (Wildman–Crippen MR) is 66.4 cm³/mol. The summed E-state index contributed by atoms with van der Waals surface area (Å²) < 4.78 is 45.3. The largest absolute Gasteiger partial charge is 0.573 e. The Morgan fingerprint density at radius 2 is 2.10 bits per heavy atom. The fraction of sp³-hybridized carbons (Fsp3) is 0.333. The molecule has 0 radical (unpaired) electrons. The highest BCUT2D eigenvalue weighted by Crippen LogP contribution is 2.31. The highest BCUT2D eigenvalue weighted by atomic mass is 79.9. The Balaban J connectivity index is 3.41. The minimum Gasteiger partial charge on any atom is -0.462 e. The zero-order valence-electron chi connectivity index (χ0n) is 10.3. The maximum Gasteiger partial charge on any atom is 0.573 e. The third kappa shape index (κ3) is 3.87. The van der Waals surface area contributed by atoms with Crippen LogP contribution in [0.2, 0.25) is 0 Å². The summed E-state index contributed by atoms with van der Waals surface area (Å²) in [7, 11) is 0. The first-order chi connectivity index (χ1) is 9.34. The van der Waals surface area contributed by atoms with Crippen molar-refractivity contribution >= 4 is 21.9 Å². The molecule has 1 aromatic rings. The molecule has 0 aliphatic carbocycles. The van der Waals surface area contributed by atoms with Crippen molar-refractivity contribution in [2.45, 2.75) is 18.6 Å². The molecular formula is C12H9BrF3NO3. The van der Waals surface area contributed by atoms with Crippen LogP contribution in [0.25, 0.3) is 0 Å². The number of rotatable bonds is 4. The van der Waals surface area contributed by atoms with Gasteiger partial charge in [0.2, 0.25) is 0 Å². The van der Waals surface area contributed by atoms with Crippen LogP contribution >= 0.6 is 15.9 Å². The van der Waals surface area contributed by atoms with Gasteiger partial charge in [-0.3, -0.25) is 0 Å². The Morgan fingerprint density at radius 3 is 2.55 bits per heavy atom. The van der Waals surface area contributed by atoms with Gasteiger partial charge in [-0.1, -0.05) is 22.0 Å². The second-order valence-corrected chi connectivity index (χ2v) is 4.05. The Kier molecular flexibility index (Phi) is 5.39. The summed E-state index contributed by atoms with van der Waals surface area (Å²) in [5, 5.41) is 9.20. The predicted octanol–water partition coefficient (Wildman–Crippen LogP) is 3.53. The number of benzene rings is 1. The summed E-state index contributed by atoms with van der Waals surface area (Å²) in [5.74, 6) is -1.60. The Morgan fingerprint density at radius 1 is 1.45 bits per heavy atom. The SMILES string of the molecule is CCOC(=O)c1c(CBr)ccc(OC(F)(F)F)c1C#N. The van der Waals surface area contributed by atoms with Crippen molar-refractivity contribution in [1.82, 2.24) is 0 Å². The standard InChI is InChI=1S/C12H9BrF3NO3/c1-2-19-11(18)10-7(5-13)3-4-9(8(10)6-17)20-12(14,15)16/h3-4H,2,5H2,1H3. The lowest BCUT2D eigenvalue weighted by Gasteiger charge is -2.14. The summed E-state index contributed by atoms with van der Waals surface area (Å²) in [5.41, 5.74) is -0.389. The molecule has 0 saturated heterocycles. The van der Waals surface area contributed by atoms with Gasteiger partial charge in [0, 0.05) is 5.33 Å². The van der Waals surface area contributed by atoms with Gasteiger partial charge in [0.25, 0.3) is 0 Å². The van der Waals surface area contributed by atoms with Crippen molar-refractivity contribution in [2.24, 2.45) is 0 Å². The summed E-state index contributed by atoms with van der Waals surface area (Å²) in [6, 6.07) is 3.81. The third-order valence-corrected chi connectivity index (χ3v) is 2.82. The van der Waals surface area contributed by atoms with Crippen LogP contribution in [-0.4, -0.2) is 18.9 Å². The van der Waals surface area contributed by atoms with E-state index in [9.17, 15) is 18.0 Å². The molecule has 20 heavy (non-hydrogen) atoms. The molecule has 0 aromatic heterocycles. The summed E-state index contributed by atoms with van der Waals surface area (Å²) in [4.78, 5) is 11.8. The van der Waals surface area contributed by atoms with E-state index in [1.54, 1.807) is 13.0 Å². The topological polar surface area (TPSA) is 59.3 Å². The van der Waals surface area contributed by atoms with E-state index in [4.69, 9.17) is 10.00 Å². The van der Waals surface area contributed by atoms with Gasteiger partial charge in [-0.25, -0.2) is 4.79 Å². The highest BCUT2D eigenvalue weighted by Gasteiger charge is 2.33. The highest BCUT2D eigenvalue weighted by molar-refractivity contribution is 9.08. The van der Waals surface area contributed by atoms with Crippen molar-refractivity contribution in [3.05, 3.63) is 28.8 Å². The number of hydrogen-bond acceptors (Lipinski definition) is 4. The molecule has 1 aromatic carbocycles. The molecule has 0 aliphatic heterocycles. The van der Waals surface area contributed by atoms with Crippen LogP contribution in [0.3, 0.4) is 0 Å². The zero-order valence-corrected chi connectivity index (χ0v) is 11.8. The third-order valence-electron chi connectivity index (χ3n) is 2.21. The molecule has 4 nitrogen and oxygen atoms in total. The Hall–Kier alpha value is -1.75. The average molecular weight is 352 g/mol. The van der Waals surface area contributed by atoms with E-state index in [1.165, 1.54) is 6.07 Å². The molecule has 0 amide bonds. The van der Waals surface area contributed by atoms with Crippen molar-refractivity contribution in [2.75, 3.05) is 6.61 Å². The summed E-state index contributed by atoms with van der Waals surface area (Å²) >= 11 is 3.10. The molecule has 0 unspecified atom stereocenters. The van der Waals surface area contributed by atoms with Crippen LogP contribution in [0.4, 0.5) is 13.2 Å². The monoisotopic (exact) mass is 351 g/mol. The molecule has 0 heterocycles. The van der Waals surface area contributed by atoms with Crippen LogP contribution in [-0.2, 0) is 10.1 Å². The fourth-order valence-corrected chi connectivity index (χ4v) is 1.96. The number of ether oxygens (including phenoxy) is 2. The van der Waals surface area contributed by atoms with Gasteiger partial charge in [-0.2, -0.15) is 5.26 Å². The number of esters is 1. The quantitative estimate of drug-likeness (QED) is 0.615. The number of alkyl halides is 4. The van der Waals surface area contributed by atoms with E-state index in [2.05, 4.69) is 20.7 Å². The smallest absolute Gasteiger partial charge is 0.462 e. The molecule has 108 valence electrons. The Bertz CT molecular complexity index is 552.